The van der Waals surface area contributed by atoms with Gasteiger partial charge in [-0.15, -0.1) is 0 Å². The molecule has 154 valence electrons. The number of amides is 2. The number of halogens is 2. The first-order valence-electron chi connectivity index (χ1n) is 10.1. The second-order valence-corrected chi connectivity index (χ2v) is 8.22. The minimum atomic E-state index is 0.0632. The van der Waals surface area contributed by atoms with E-state index in [4.69, 9.17) is 23.2 Å². The Balaban J connectivity index is 1.62. The van der Waals surface area contributed by atoms with Crippen LogP contribution in [0.2, 0.25) is 10.0 Å². The highest BCUT2D eigenvalue weighted by Gasteiger charge is 2.29. The molecule has 3 rings (SSSR count). The molecule has 0 radical (unpaired) electrons. The number of carbonyl (C=O) groups excluding carboxylic acids is 2. The number of likely N-dealkylation sites (tertiary alicyclic amines) is 1. The molecule has 1 aliphatic rings. The number of nitrogens with zero attached hydrogens (tertiary/aromatic N) is 2. The maximum atomic E-state index is 13.0. The van der Waals surface area contributed by atoms with Crippen LogP contribution in [0.5, 0.6) is 0 Å². The van der Waals surface area contributed by atoms with Gasteiger partial charge in [0.05, 0.1) is 16.5 Å². The number of carbonyl (C=O) groups is 2. The first kappa shape index (κ1) is 21.7. The maximum absolute atomic E-state index is 13.0. The molecule has 0 N–H and O–H groups in total. The summed E-state index contributed by atoms with van der Waals surface area (Å²) in [4.78, 5) is 29.5. The molecule has 6 heteroatoms. The molecule has 0 spiro atoms. The smallest absolute Gasteiger partial charge is 0.253 e. The van der Waals surface area contributed by atoms with Crippen LogP contribution >= 0.6 is 23.2 Å². The van der Waals surface area contributed by atoms with Crippen LogP contribution < -0.4 is 0 Å². The van der Waals surface area contributed by atoms with Gasteiger partial charge in [-0.1, -0.05) is 54.4 Å². The van der Waals surface area contributed by atoms with Gasteiger partial charge < -0.3 is 9.80 Å². The molecule has 0 saturated carbocycles. The first-order chi connectivity index (χ1) is 14.0. The van der Waals surface area contributed by atoms with E-state index in [1.165, 1.54) is 0 Å². The van der Waals surface area contributed by atoms with Crippen LogP contribution in [0, 0.1) is 0 Å². The van der Waals surface area contributed by atoms with Gasteiger partial charge in [-0.3, -0.25) is 9.59 Å². The molecule has 4 nitrogen and oxygen atoms in total. The van der Waals surface area contributed by atoms with Crippen molar-refractivity contribution >= 4 is 35.0 Å². The van der Waals surface area contributed by atoms with Gasteiger partial charge in [-0.05, 0) is 49.1 Å². The second-order valence-electron chi connectivity index (χ2n) is 7.40. The SMILES string of the molecule is CCCN(C(=O)Cc1ccc(Cl)c(Cl)c1)C1CCN(C(=O)c2ccccc2)CC1. The van der Waals surface area contributed by atoms with Crippen LogP contribution in [-0.4, -0.2) is 47.3 Å². The van der Waals surface area contributed by atoms with Gasteiger partial charge in [-0.25, -0.2) is 0 Å². The zero-order valence-electron chi connectivity index (χ0n) is 16.6. The number of benzene rings is 2. The molecule has 0 aliphatic carbocycles. The van der Waals surface area contributed by atoms with Crippen molar-refractivity contribution in [1.29, 1.82) is 0 Å². The predicted molar refractivity (Wildman–Crippen MR) is 118 cm³/mol. The summed E-state index contributed by atoms with van der Waals surface area (Å²) in [5, 5.41) is 0.954. The first-order valence-corrected chi connectivity index (χ1v) is 10.8. The fourth-order valence-corrected chi connectivity index (χ4v) is 4.14. The van der Waals surface area contributed by atoms with E-state index in [9.17, 15) is 9.59 Å². The molecule has 1 heterocycles. The standard InChI is InChI=1S/C23H26Cl2N2O2/c1-2-12-27(22(28)16-17-8-9-20(24)21(25)15-17)19-10-13-26(14-11-19)23(29)18-6-4-3-5-7-18/h3-9,15,19H,2,10-14,16H2,1H3. The Labute approximate surface area is 182 Å². The van der Waals surface area contributed by atoms with Gasteiger partial charge >= 0.3 is 0 Å². The van der Waals surface area contributed by atoms with Gasteiger partial charge in [0, 0.05) is 31.2 Å². The summed E-state index contributed by atoms with van der Waals surface area (Å²) >= 11 is 12.1. The molecule has 1 aliphatic heterocycles. The third kappa shape index (κ3) is 5.52. The lowest BCUT2D eigenvalue weighted by atomic mass is 10.0. The van der Waals surface area contributed by atoms with Crippen molar-refractivity contribution in [2.24, 2.45) is 0 Å². The van der Waals surface area contributed by atoms with Gasteiger partial charge in [-0.2, -0.15) is 0 Å². The monoisotopic (exact) mass is 432 g/mol. The highest BCUT2D eigenvalue weighted by atomic mass is 35.5. The number of rotatable bonds is 6. The fourth-order valence-electron chi connectivity index (χ4n) is 3.82. The largest absolute Gasteiger partial charge is 0.339 e. The van der Waals surface area contributed by atoms with Crippen LogP contribution in [0.15, 0.2) is 48.5 Å². The Bertz CT molecular complexity index is 849. The average molecular weight is 433 g/mol. The molecule has 0 aromatic heterocycles. The lowest BCUT2D eigenvalue weighted by Crippen LogP contribution is -2.49. The molecule has 0 unspecified atom stereocenters. The van der Waals surface area contributed by atoms with Crippen LogP contribution in [0.4, 0.5) is 0 Å². The Morgan fingerprint density at radius 2 is 1.72 bits per heavy atom. The molecule has 0 atom stereocenters. The minimum absolute atomic E-state index is 0.0632. The van der Waals surface area contributed by atoms with Crippen LogP contribution in [0.3, 0.4) is 0 Å². The predicted octanol–water partition coefficient (Wildman–Crippen LogP) is 5.08. The Hall–Kier alpha value is -2.04. The van der Waals surface area contributed by atoms with E-state index in [1.54, 1.807) is 12.1 Å². The van der Waals surface area contributed by atoms with Crippen molar-refractivity contribution < 1.29 is 9.59 Å². The Kier molecular flexibility index (Phi) is 7.57. The second kappa shape index (κ2) is 10.1. The third-order valence-electron chi connectivity index (χ3n) is 5.34. The summed E-state index contributed by atoms with van der Waals surface area (Å²) < 4.78 is 0. The summed E-state index contributed by atoms with van der Waals surface area (Å²) in [7, 11) is 0. The van der Waals surface area contributed by atoms with Crippen molar-refractivity contribution in [1.82, 2.24) is 9.80 Å². The van der Waals surface area contributed by atoms with Gasteiger partial charge in [0.1, 0.15) is 0 Å². The van der Waals surface area contributed by atoms with Crippen LogP contribution in [0.1, 0.15) is 42.1 Å². The molecule has 2 aromatic carbocycles. The summed E-state index contributed by atoms with van der Waals surface area (Å²) in [5.74, 6) is 0.159. The quantitative estimate of drug-likeness (QED) is 0.638. The lowest BCUT2D eigenvalue weighted by Gasteiger charge is -2.38. The third-order valence-corrected chi connectivity index (χ3v) is 6.08. The zero-order chi connectivity index (χ0) is 20.8. The van der Waals surface area contributed by atoms with Crippen molar-refractivity contribution in [3.05, 3.63) is 69.7 Å². The van der Waals surface area contributed by atoms with E-state index < -0.39 is 0 Å². The van der Waals surface area contributed by atoms with E-state index in [0.29, 0.717) is 35.1 Å². The number of piperidine rings is 1. The Morgan fingerprint density at radius 3 is 2.34 bits per heavy atom. The molecular formula is C23H26Cl2N2O2. The molecule has 1 saturated heterocycles. The maximum Gasteiger partial charge on any atom is 0.253 e. The van der Waals surface area contributed by atoms with E-state index in [1.807, 2.05) is 46.2 Å². The number of hydrogen-bond donors (Lipinski definition) is 0. The van der Waals surface area contributed by atoms with Crippen LogP contribution in [-0.2, 0) is 11.2 Å². The topological polar surface area (TPSA) is 40.6 Å². The summed E-state index contributed by atoms with van der Waals surface area (Å²) in [6, 6.07) is 14.8. The lowest BCUT2D eigenvalue weighted by molar-refractivity contribution is -0.133. The molecule has 2 aromatic rings. The van der Waals surface area contributed by atoms with Gasteiger partial charge in [0.25, 0.3) is 5.91 Å². The summed E-state index contributed by atoms with van der Waals surface area (Å²) in [6.45, 7) is 4.13. The molecular weight excluding hydrogens is 407 g/mol. The molecule has 2 amide bonds. The molecule has 1 fully saturated rings. The van der Waals surface area contributed by atoms with Gasteiger partial charge in [0.2, 0.25) is 5.91 Å². The van der Waals surface area contributed by atoms with E-state index in [0.717, 1.165) is 31.4 Å². The highest BCUT2D eigenvalue weighted by molar-refractivity contribution is 6.42. The van der Waals surface area contributed by atoms with Crippen molar-refractivity contribution in [2.75, 3.05) is 19.6 Å². The zero-order valence-corrected chi connectivity index (χ0v) is 18.1. The van der Waals surface area contributed by atoms with Crippen molar-refractivity contribution in [3.63, 3.8) is 0 Å². The number of hydrogen-bond acceptors (Lipinski definition) is 2. The van der Waals surface area contributed by atoms with E-state index in [-0.39, 0.29) is 17.9 Å². The van der Waals surface area contributed by atoms with Crippen molar-refractivity contribution in [3.8, 4) is 0 Å². The van der Waals surface area contributed by atoms with Crippen LogP contribution in [0.25, 0.3) is 0 Å². The summed E-state index contributed by atoms with van der Waals surface area (Å²) in [6.07, 6.45) is 2.80. The fraction of sp³-hybridized carbons (Fsp3) is 0.391. The van der Waals surface area contributed by atoms with E-state index in [2.05, 4.69) is 6.92 Å². The molecule has 29 heavy (non-hydrogen) atoms. The highest BCUT2D eigenvalue weighted by Crippen LogP contribution is 2.24. The van der Waals surface area contributed by atoms with E-state index >= 15 is 0 Å². The van der Waals surface area contributed by atoms with Gasteiger partial charge in [0.15, 0.2) is 0 Å². The molecule has 0 bridgehead atoms. The minimum Gasteiger partial charge on any atom is -0.339 e. The van der Waals surface area contributed by atoms with Crippen molar-refractivity contribution in [2.45, 2.75) is 38.6 Å². The Morgan fingerprint density at radius 1 is 1.03 bits per heavy atom. The average Bonchev–Trinajstić information content (AvgIpc) is 2.75. The normalized spacial score (nSPS) is 14.7. The summed E-state index contributed by atoms with van der Waals surface area (Å²) in [5.41, 5.74) is 1.58.